The third-order valence-electron chi connectivity index (χ3n) is 4.44. The number of benzene rings is 1. The van der Waals surface area contributed by atoms with E-state index < -0.39 is 20.8 Å². The van der Waals surface area contributed by atoms with Gasteiger partial charge >= 0.3 is 0 Å². The number of amides is 1. The summed E-state index contributed by atoms with van der Waals surface area (Å²) >= 11 is 0. The Morgan fingerprint density at radius 1 is 1.42 bits per heavy atom. The summed E-state index contributed by atoms with van der Waals surface area (Å²) in [7, 11) is -2.30. The minimum absolute atomic E-state index is 0.0306. The molecule has 1 fully saturated rings. The number of carbonyl (C=O) groups excluding carboxylic acids is 1. The summed E-state index contributed by atoms with van der Waals surface area (Å²) in [6, 6.07) is 5.74. The molecule has 1 aliphatic carbocycles. The lowest BCUT2D eigenvalue weighted by molar-refractivity contribution is -0.0258. The van der Waals surface area contributed by atoms with Gasteiger partial charge in [-0.1, -0.05) is 17.0 Å². The van der Waals surface area contributed by atoms with Gasteiger partial charge in [0.1, 0.15) is 0 Å². The van der Waals surface area contributed by atoms with E-state index in [0.29, 0.717) is 6.54 Å². The van der Waals surface area contributed by atoms with Gasteiger partial charge in [-0.05, 0) is 31.0 Å². The van der Waals surface area contributed by atoms with Crippen LogP contribution in [-0.4, -0.2) is 54.7 Å². The summed E-state index contributed by atoms with van der Waals surface area (Å²) in [6.07, 6.45) is 4.30. The van der Waals surface area contributed by atoms with E-state index in [2.05, 4.69) is 5.32 Å². The van der Waals surface area contributed by atoms with Crippen LogP contribution in [0.3, 0.4) is 0 Å². The molecule has 0 aromatic heterocycles. The van der Waals surface area contributed by atoms with Crippen LogP contribution < -0.4 is 5.32 Å². The molecule has 24 heavy (non-hydrogen) atoms. The molecule has 1 N–H and O–H groups in total. The van der Waals surface area contributed by atoms with Gasteiger partial charge in [0.05, 0.1) is 16.8 Å². The molecule has 0 radical (unpaired) electrons. The first-order valence-electron chi connectivity index (χ1n) is 7.48. The first-order chi connectivity index (χ1) is 11.2. The number of hydroxylamine groups is 1. The highest BCUT2D eigenvalue weighted by molar-refractivity contribution is 7.89. The smallest absolute Gasteiger partial charge is 0.264 e. The molecule has 7 nitrogen and oxygen atoms in total. The average molecular weight is 374 g/mol. The van der Waals surface area contributed by atoms with Gasteiger partial charge in [-0.15, -0.1) is 0 Å². The van der Waals surface area contributed by atoms with E-state index in [1.54, 1.807) is 6.26 Å². The molecule has 0 spiro atoms. The fourth-order valence-corrected chi connectivity index (χ4v) is 4.68. The second-order valence-electron chi connectivity index (χ2n) is 5.80. The maximum absolute atomic E-state index is 12.3. The van der Waals surface area contributed by atoms with E-state index >= 15 is 0 Å². The predicted molar refractivity (Wildman–Crippen MR) is 91.4 cm³/mol. The third-order valence-corrected chi connectivity index (χ3v) is 7.88. The molecule has 0 saturated heterocycles. The molecule has 0 heterocycles. The molecule has 0 aliphatic heterocycles. The quantitative estimate of drug-likeness (QED) is 0.716. The summed E-state index contributed by atoms with van der Waals surface area (Å²) < 4.78 is 36.7. The van der Waals surface area contributed by atoms with E-state index in [0.717, 1.165) is 23.7 Å². The van der Waals surface area contributed by atoms with Gasteiger partial charge in [0.2, 0.25) is 0 Å². The zero-order valence-electron chi connectivity index (χ0n) is 13.9. The molecule has 2 rings (SSSR count). The van der Waals surface area contributed by atoms with E-state index in [9.17, 15) is 17.4 Å². The molecule has 134 valence electrons. The largest absolute Gasteiger partial charge is 0.351 e. The van der Waals surface area contributed by atoms with Gasteiger partial charge in [0.25, 0.3) is 15.9 Å². The highest BCUT2D eigenvalue weighted by Crippen LogP contribution is 2.36. The summed E-state index contributed by atoms with van der Waals surface area (Å²) in [5, 5.41) is 2.77. The van der Waals surface area contributed by atoms with Crippen LogP contribution in [0.25, 0.3) is 0 Å². The Labute approximate surface area is 144 Å². The fraction of sp³-hybridized carbons (Fsp3) is 0.533. The van der Waals surface area contributed by atoms with Crippen molar-refractivity contribution in [1.82, 2.24) is 9.79 Å². The second kappa shape index (κ2) is 7.30. The van der Waals surface area contributed by atoms with Gasteiger partial charge < -0.3 is 5.32 Å². The number of rotatable bonds is 7. The minimum atomic E-state index is -3.81. The molecule has 1 aliphatic rings. The summed E-state index contributed by atoms with van der Waals surface area (Å²) in [4.78, 5) is 17.0. The molecule has 1 atom stereocenters. The lowest BCUT2D eigenvalue weighted by Gasteiger charge is -2.39. The molecular weight excluding hydrogens is 352 g/mol. The molecule has 0 bridgehead atoms. The Hall–Kier alpha value is -1.29. The summed E-state index contributed by atoms with van der Waals surface area (Å²) in [5.41, 5.74) is 0.233. The molecular formula is C15H22N2O5S2. The Bertz CT molecular complexity index is 744. The molecule has 1 aromatic rings. The molecule has 0 unspecified atom stereocenters. The molecule has 1 saturated carbocycles. The van der Waals surface area contributed by atoms with Crippen LogP contribution in [0.5, 0.6) is 0 Å². The van der Waals surface area contributed by atoms with Crippen molar-refractivity contribution >= 4 is 26.7 Å². The summed E-state index contributed by atoms with van der Waals surface area (Å²) in [6.45, 7) is 0.323. The number of sulfonamides is 1. The standard InChI is InChI=1S/C15H22N2O5S2/c1-17(22-2)24(20,21)13-7-4-6-12(10-13)14(18)16-11-15(23(3)19)8-5-9-15/h4,6-7,10H,5,8-9,11H2,1-3H3,(H,16,18)/t23-/m1/s1. The monoisotopic (exact) mass is 374 g/mol. The van der Waals surface area contributed by atoms with Gasteiger partial charge in [-0.25, -0.2) is 8.42 Å². The second-order valence-corrected chi connectivity index (χ2v) is 9.51. The molecule has 1 aromatic carbocycles. The SMILES string of the molecule is CON(C)S(=O)(=O)c1cccc(C(=O)NCC2([S@@](C)=O)CCC2)c1. The zero-order valence-corrected chi connectivity index (χ0v) is 15.6. The van der Waals surface area contributed by atoms with E-state index in [-0.39, 0.29) is 21.1 Å². The van der Waals surface area contributed by atoms with Crippen LogP contribution >= 0.6 is 0 Å². The average Bonchev–Trinajstić information content (AvgIpc) is 2.52. The Morgan fingerprint density at radius 2 is 2.08 bits per heavy atom. The van der Waals surface area contributed by atoms with Crippen molar-refractivity contribution in [2.24, 2.45) is 0 Å². The van der Waals surface area contributed by atoms with Crippen LogP contribution in [0.15, 0.2) is 29.2 Å². The van der Waals surface area contributed by atoms with Crippen LogP contribution in [-0.2, 0) is 25.7 Å². The Morgan fingerprint density at radius 3 is 2.58 bits per heavy atom. The van der Waals surface area contributed by atoms with E-state index in [1.807, 2.05) is 0 Å². The van der Waals surface area contributed by atoms with Crippen molar-refractivity contribution in [3.05, 3.63) is 29.8 Å². The minimum Gasteiger partial charge on any atom is -0.351 e. The van der Waals surface area contributed by atoms with E-state index in [1.165, 1.54) is 38.4 Å². The first-order valence-corrected chi connectivity index (χ1v) is 10.5. The van der Waals surface area contributed by atoms with Crippen molar-refractivity contribution < 1.29 is 22.3 Å². The lowest BCUT2D eigenvalue weighted by Crippen LogP contribution is -2.50. The van der Waals surface area contributed by atoms with Gasteiger partial charge in [0.15, 0.2) is 0 Å². The van der Waals surface area contributed by atoms with Crippen LogP contribution in [0.2, 0.25) is 0 Å². The fourth-order valence-electron chi connectivity index (χ4n) is 2.52. The van der Waals surface area contributed by atoms with Gasteiger partial charge in [-0.3, -0.25) is 13.8 Å². The van der Waals surface area contributed by atoms with Gasteiger partial charge in [0, 0.05) is 36.2 Å². The van der Waals surface area contributed by atoms with Crippen LogP contribution in [0.1, 0.15) is 29.6 Å². The topological polar surface area (TPSA) is 92.8 Å². The molecule has 1 amide bonds. The van der Waals surface area contributed by atoms with Crippen LogP contribution in [0, 0.1) is 0 Å². The van der Waals surface area contributed by atoms with Crippen molar-refractivity contribution in [3.63, 3.8) is 0 Å². The summed E-state index contributed by atoms with van der Waals surface area (Å²) in [5.74, 6) is -0.385. The number of hydrogen-bond acceptors (Lipinski definition) is 5. The van der Waals surface area contributed by atoms with Crippen molar-refractivity contribution in [1.29, 1.82) is 0 Å². The maximum Gasteiger partial charge on any atom is 0.264 e. The van der Waals surface area contributed by atoms with Crippen LogP contribution in [0.4, 0.5) is 0 Å². The maximum atomic E-state index is 12.3. The highest BCUT2D eigenvalue weighted by atomic mass is 32.2. The Balaban J connectivity index is 2.14. The van der Waals surface area contributed by atoms with Crippen molar-refractivity contribution in [2.45, 2.75) is 28.9 Å². The lowest BCUT2D eigenvalue weighted by atomic mass is 9.84. The van der Waals surface area contributed by atoms with E-state index in [4.69, 9.17) is 4.84 Å². The number of carbonyl (C=O) groups is 1. The highest BCUT2D eigenvalue weighted by Gasteiger charge is 2.41. The molecule has 9 heteroatoms. The number of nitrogens with zero attached hydrogens (tertiary/aromatic N) is 1. The van der Waals surface area contributed by atoms with Crippen molar-refractivity contribution in [3.8, 4) is 0 Å². The number of hydrogen-bond donors (Lipinski definition) is 1. The number of nitrogens with one attached hydrogen (secondary N) is 1. The Kier molecular flexibility index (Phi) is 5.79. The van der Waals surface area contributed by atoms with Crippen molar-refractivity contribution in [2.75, 3.05) is 27.0 Å². The predicted octanol–water partition coefficient (Wildman–Crippen LogP) is 0.899. The van der Waals surface area contributed by atoms with Gasteiger partial charge in [-0.2, -0.15) is 0 Å². The third kappa shape index (κ3) is 3.69. The zero-order chi connectivity index (χ0) is 18.0. The normalized spacial score (nSPS) is 18.0. The first kappa shape index (κ1) is 19.0.